The highest BCUT2D eigenvalue weighted by atomic mass is 16.5. The molecule has 6 heteroatoms. The molecule has 1 saturated carbocycles. The summed E-state index contributed by atoms with van der Waals surface area (Å²) < 4.78 is 7.82. The highest BCUT2D eigenvalue weighted by molar-refractivity contribution is 5.94. The summed E-state index contributed by atoms with van der Waals surface area (Å²) in [5.74, 6) is 0.799. The lowest BCUT2D eigenvalue weighted by Gasteiger charge is -2.21. The highest BCUT2D eigenvalue weighted by Crippen LogP contribution is 2.19. The molecule has 0 unspecified atom stereocenters. The molecule has 0 bridgehead atoms. The number of carbonyl (C=O) groups excluding carboxylic acids is 1. The molecule has 0 radical (unpaired) electrons. The molecule has 1 aromatic heterocycles. The molecule has 0 spiro atoms. The maximum absolute atomic E-state index is 12.6. The summed E-state index contributed by atoms with van der Waals surface area (Å²) in [5.41, 5.74) is 5.17. The quantitative estimate of drug-likeness (QED) is 0.508. The number of hydrogen-bond donors (Lipinski definition) is 1. The second-order valence-corrected chi connectivity index (χ2v) is 8.98. The number of amides is 1. The van der Waals surface area contributed by atoms with Crippen LogP contribution in [0.1, 0.15) is 72.9 Å². The van der Waals surface area contributed by atoms with Crippen LogP contribution in [0, 0.1) is 13.8 Å². The van der Waals surface area contributed by atoms with Gasteiger partial charge in [-0.15, -0.1) is 5.10 Å². The Labute approximate surface area is 190 Å². The average Bonchev–Trinajstić information content (AvgIpc) is 3.15. The van der Waals surface area contributed by atoms with Crippen molar-refractivity contribution in [3.8, 4) is 5.75 Å². The number of benzene rings is 2. The largest absolute Gasteiger partial charge is 0.494 e. The minimum absolute atomic E-state index is 0.0192. The number of rotatable bonds is 7. The predicted molar refractivity (Wildman–Crippen MR) is 127 cm³/mol. The Morgan fingerprint density at radius 3 is 2.47 bits per heavy atom. The van der Waals surface area contributed by atoms with Gasteiger partial charge in [0.05, 0.1) is 12.1 Å². The van der Waals surface area contributed by atoms with Gasteiger partial charge < -0.3 is 10.1 Å². The zero-order chi connectivity index (χ0) is 22.3. The number of fused-ring (bicyclic) bond motifs is 1. The smallest absolute Gasteiger partial charge is 0.251 e. The van der Waals surface area contributed by atoms with Crippen LogP contribution in [0.4, 0.5) is 0 Å². The van der Waals surface area contributed by atoms with Crippen LogP contribution in [0.5, 0.6) is 5.75 Å². The van der Waals surface area contributed by atoms with E-state index >= 15 is 0 Å². The van der Waals surface area contributed by atoms with E-state index in [1.807, 2.05) is 28.9 Å². The van der Waals surface area contributed by atoms with Crippen molar-refractivity contribution in [3.05, 3.63) is 53.1 Å². The Morgan fingerprint density at radius 1 is 1.03 bits per heavy atom. The third-order valence-electron chi connectivity index (χ3n) is 6.47. The van der Waals surface area contributed by atoms with Gasteiger partial charge in [0.2, 0.25) is 0 Å². The molecule has 0 saturated heterocycles. The lowest BCUT2D eigenvalue weighted by molar-refractivity contribution is 0.0930. The van der Waals surface area contributed by atoms with E-state index in [1.54, 1.807) is 0 Å². The Balaban J connectivity index is 1.24. The summed E-state index contributed by atoms with van der Waals surface area (Å²) in [6.45, 7) is 5.53. The van der Waals surface area contributed by atoms with E-state index in [1.165, 1.54) is 43.2 Å². The van der Waals surface area contributed by atoms with Gasteiger partial charge >= 0.3 is 0 Å². The summed E-state index contributed by atoms with van der Waals surface area (Å²) in [6, 6.07) is 12.0. The topological polar surface area (TPSA) is 69.0 Å². The molecule has 1 fully saturated rings. The molecule has 32 heavy (non-hydrogen) atoms. The molecule has 4 rings (SSSR count). The number of nitrogens with one attached hydrogen (secondary N) is 1. The van der Waals surface area contributed by atoms with Crippen molar-refractivity contribution in [2.75, 3.05) is 6.61 Å². The van der Waals surface area contributed by atoms with Gasteiger partial charge in [-0.25, -0.2) is 4.68 Å². The summed E-state index contributed by atoms with van der Waals surface area (Å²) in [5, 5.41) is 11.8. The van der Waals surface area contributed by atoms with Crippen LogP contribution in [0.3, 0.4) is 0 Å². The molecular formula is C26H34N4O2. The maximum Gasteiger partial charge on any atom is 0.251 e. The highest BCUT2D eigenvalue weighted by Gasteiger charge is 2.15. The number of carbonyl (C=O) groups is 1. The predicted octanol–water partition coefficient (Wildman–Crippen LogP) is 5.36. The maximum atomic E-state index is 12.6. The minimum atomic E-state index is 0.0192. The third-order valence-corrected chi connectivity index (χ3v) is 6.47. The van der Waals surface area contributed by atoms with Gasteiger partial charge in [0.25, 0.3) is 5.91 Å². The van der Waals surface area contributed by atoms with Crippen LogP contribution < -0.4 is 10.1 Å². The van der Waals surface area contributed by atoms with Crippen LogP contribution in [0.25, 0.3) is 11.0 Å². The molecule has 1 heterocycles. The van der Waals surface area contributed by atoms with Crippen molar-refractivity contribution in [1.29, 1.82) is 0 Å². The molecule has 170 valence electrons. The Bertz CT molecular complexity index is 1030. The number of aryl methyl sites for hydroxylation is 3. The lowest BCUT2D eigenvalue weighted by atomic mass is 9.96. The minimum Gasteiger partial charge on any atom is -0.494 e. The molecule has 6 nitrogen and oxygen atoms in total. The van der Waals surface area contributed by atoms with Crippen molar-refractivity contribution < 1.29 is 9.53 Å². The first-order valence-electron chi connectivity index (χ1n) is 11.9. The van der Waals surface area contributed by atoms with Gasteiger partial charge in [-0.05, 0) is 74.2 Å². The van der Waals surface area contributed by atoms with E-state index in [0.717, 1.165) is 42.6 Å². The number of ether oxygens (including phenoxy) is 1. The second kappa shape index (κ2) is 10.6. The Hall–Kier alpha value is -2.89. The first-order chi connectivity index (χ1) is 15.6. The van der Waals surface area contributed by atoms with Gasteiger partial charge in [-0.1, -0.05) is 37.3 Å². The molecule has 1 amide bonds. The molecule has 2 aromatic carbocycles. The zero-order valence-corrected chi connectivity index (χ0v) is 19.3. The number of aromatic nitrogens is 3. The van der Waals surface area contributed by atoms with Crippen molar-refractivity contribution in [2.45, 2.75) is 77.8 Å². The SMILES string of the molecule is Cc1cc2nnn(CCCOc3ccc(C(=O)NC4CCCCCCC4)cc3)c2cc1C. The lowest BCUT2D eigenvalue weighted by Crippen LogP contribution is -2.35. The third kappa shape index (κ3) is 5.67. The average molecular weight is 435 g/mol. The molecule has 0 atom stereocenters. The fraction of sp³-hybridized carbons (Fsp3) is 0.500. The van der Waals surface area contributed by atoms with Gasteiger partial charge in [0, 0.05) is 24.6 Å². The van der Waals surface area contributed by atoms with E-state index < -0.39 is 0 Å². The first-order valence-corrected chi connectivity index (χ1v) is 11.9. The Kier molecular flexibility index (Phi) is 7.40. The van der Waals surface area contributed by atoms with Crippen molar-refractivity contribution in [2.24, 2.45) is 0 Å². The van der Waals surface area contributed by atoms with Crippen LogP contribution in [0.2, 0.25) is 0 Å². The van der Waals surface area contributed by atoms with E-state index in [2.05, 4.69) is 41.6 Å². The van der Waals surface area contributed by atoms with E-state index in [0.29, 0.717) is 18.2 Å². The molecule has 1 N–H and O–H groups in total. The molecular weight excluding hydrogens is 400 g/mol. The van der Waals surface area contributed by atoms with Crippen molar-refractivity contribution >= 4 is 16.9 Å². The van der Waals surface area contributed by atoms with Crippen LogP contribution in [-0.2, 0) is 6.54 Å². The van der Waals surface area contributed by atoms with Crippen molar-refractivity contribution in [1.82, 2.24) is 20.3 Å². The zero-order valence-electron chi connectivity index (χ0n) is 19.3. The van der Waals surface area contributed by atoms with Gasteiger partial charge in [0.1, 0.15) is 11.3 Å². The fourth-order valence-electron chi connectivity index (χ4n) is 4.36. The monoisotopic (exact) mass is 434 g/mol. The number of nitrogens with zero attached hydrogens (tertiary/aromatic N) is 3. The summed E-state index contributed by atoms with van der Waals surface area (Å²) >= 11 is 0. The Morgan fingerprint density at radius 2 is 1.72 bits per heavy atom. The van der Waals surface area contributed by atoms with Crippen LogP contribution >= 0.6 is 0 Å². The fourth-order valence-corrected chi connectivity index (χ4v) is 4.36. The molecule has 1 aliphatic carbocycles. The summed E-state index contributed by atoms with van der Waals surface area (Å²) in [4.78, 5) is 12.6. The van der Waals surface area contributed by atoms with E-state index in [-0.39, 0.29) is 5.91 Å². The van der Waals surface area contributed by atoms with E-state index in [4.69, 9.17) is 4.74 Å². The first kappa shape index (κ1) is 22.3. The van der Waals surface area contributed by atoms with Crippen LogP contribution in [-0.4, -0.2) is 33.5 Å². The molecule has 3 aromatic rings. The number of hydrogen-bond acceptors (Lipinski definition) is 4. The molecule has 1 aliphatic rings. The molecule has 0 aliphatic heterocycles. The van der Waals surface area contributed by atoms with Crippen molar-refractivity contribution in [3.63, 3.8) is 0 Å². The van der Waals surface area contributed by atoms with Crippen LogP contribution in [0.15, 0.2) is 36.4 Å². The second-order valence-electron chi connectivity index (χ2n) is 8.98. The summed E-state index contributed by atoms with van der Waals surface area (Å²) in [7, 11) is 0. The summed E-state index contributed by atoms with van der Waals surface area (Å²) in [6.07, 6.45) is 9.32. The van der Waals surface area contributed by atoms with E-state index in [9.17, 15) is 4.79 Å². The normalized spacial score (nSPS) is 15.3. The van der Waals surface area contributed by atoms with Gasteiger partial charge in [0.15, 0.2) is 0 Å². The van der Waals surface area contributed by atoms with Gasteiger partial charge in [-0.2, -0.15) is 0 Å². The van der Waals surface area contributed by atoms with Gasteiger partial charge in [-0.3, -0.25) is 4.79 Å². The standard InChI is InChI=1S/C26H34N4O2/c1-19-17-24-25(18-20(19)2)30(29-28-24)15-8-16-32-23-13-11-21(12-14-23)26(31)27-22-9-6-4-3-5-7-10-22/h11-14,17-18,22H,3-10,15-16H2,1-2H3,(H,27,31).